The summed E-state index contributed by atoms with van der Waals surface area (Å²) in [5, 5.41) is 11.5. The molecule has 0 bridgehead atoms. The Kier molecular flexibility index (Phi) is 7.00. The summed E-state index contributed by atoms with van der Waals surface area (Å²) in [6.07, 6.45) is 0. The Hall–Kier alpha value is -2.11. The van der Waals surface area contributed by atoms with E-state index in [2.05, 4.69) is 16.1 Å². The van der Waals surface area contributed by atoms with Gasteiger partial charge in [0.05, 0.1) is 17.7 Å². The van der Waals surface area contributed by atoms with Gasteiger partial charge in [-0.15, -0.1) is 0 Å². The number of nitrogens with zero attached hydrogens (tertiary/aromatic N) is 2. The maximum Gasteiger partial charge on any atom is 0.317 e. The van der Waals surface area contributed by atoms with Gasteiger partial charge in [0.25, 0.3) is 0 Å². The number of hydrogen-bond acceptors (Lipinski definition) is 4. The molecular formula is C15H22N4O3S. The van der Waals surface area contributed by atoms with Gasteiger partial charge in [-0.05, 0) is 25.1 Å². The average molecular weight is 338 g/mol. The van der Waals surface area contributed by atoms with Crippen LogP contribution < -0.4 is 10.0 Å². The quantitative estimate of drug-likeness (QED) is 0.775. The summed E-state index contributed by atoms with van der Waals surface area (Å²) in [7, 11) is -0.278. The second-order valence-corrected chi connectivity index (χ2v) is 7.28. The molecule has 1 aromatic carbocycles. The number of rotatable bonds is 7. The predicted octanol–water partition coefficient (Wildman–Crippen LogP) is 1.04. The highest BCUT2D eigenvalue weighted by molar-refractivity contribution is 7.88. The molecule has 23 heavy (non-hydrogen) atoms. The number of benzene rings is 1. The lowest BCUT2D eigenvalue weighted by molar-refractivity contribution is 0.205. The topological polar surface area (TPSA) is 102 Å². The number of urea groups is 1. The average Bonchev–Trinajstić information content (AvgIpc) is 2.53. The largest absolute Gasteiger partial charge is 0.334 e. The fourth-order valence-corrected chi connectivity index (χ4v) is 2.67. The van der Waals surface area contributed by atoms with Crippen LogP contribution in [-0.4, -0.2) is 40.0 Å². The van der Waals surface area contributed by atoms with Crippen molar-refractivity contribution in [3.05, 3.63) is 35.4 Å². The molecule has 0 radical (unpaired) electrons. The molecule has 126 valence electrons. The molecule has 0 aromatic heterocycles. The summed E-state index contributed by atoms with van der Waals surface area (Å²) in [6, 6.07) is 8.82. The third-order valence-electron chi connectivity index (χ3n) is 3.25. The Morgan fingerprint density at radius 3 is 2.39 bits per heavy atom. The number of amides is 2. The predicted molar refractivity (Wildman–Crippen MR) is 87.8 cm³/mol. The van der Waals surface area contributed by atoms with Crippen LogP contribution >= 0.6 is 0 Å². The molecule has 0 saturated carbocycles. The van der Waals surface area contributed by atoms with E-state index in [0.717, 1.165) is 5.56 Å². The van der Waals surface area contributed by atoms with Crippen molar-refractivity contribution in [2.45, 2.75) is 19.2 Å². The first kappa shape index (κ1) is 18.9. The lowest BCUT2D eigenvalue weighted by Gasteiger charge is -2.19. The highest BCUT2D eigenvalue weighted by Gasteiger charge is 2.12. The zero-order chi connectivity index (χ0) is 17.5. The molecule has 0 fully saturated rings. The van der Waals surface area contributed by atoms with Gasteiger partial charge in [-0.25, -0.2) is 17.9 Å². The summed E-state index contributed by atoms with van der Waals surface area (Å²) in [4.78, 5) is 13.3. The third-order valence-corrected chi connectivity index (χ3v) is 4.58. The first-order chi connectivity index (χ1) is 10.8. The molecule has 1 rings (SSSR count). The Morgan fingerprint density at radius 1 is 1.30 bits per heavy atom. The van der Waals surface area contributed by atoms with Crippen LogP contribution in [0.25, 0.3) is 0 Å². The van der Waals surface area contributed by atoms with E-state index in [4.69, 9.17) is 5.26 Å². The normalized spacial score (nSPS) is 12.3. The van der Waals surface area contributed by atoms with Gasteiger partial charge in [0, 0.05) is 20.1 Å². The van der Waals surface area contributed by atoms with Gasteiger partial charge in [0.2, 0.25) is 10.0 Å². The Bertz CT molecular complexity index is 665. The Labute approximate surface area is 137 Å². The van der Waals surface area contributed by atoms with Crippen LogP contribution in [0.4, 0.5) is 4.79 Å². The molecule has 0 aliphatic carbocycles. The summed E-state index contributed by atoms with van der Waals surface area (Å²) in [5.41, 5.74) is 1.54. The molecule has 7 nitrogen and oxygen atoms in total. The molecule has 1 atom stereocenters. The van der Waals surface area contributed by atoms with Gasteiger partial charge < -0.3 is 10.2 Å². The van der Waals surface area contributed by atoms with Crippen molar-refractivity contribution < 1.29 is 13.2 Å². The molecule has 1 unspecified atom stereocenters. The first-order valence-electron chi connectivity index (χ1n) is 7.15. The Balaban J connectivity index is 2.53. The number of carbonyl (C=O) groups excluding carboxylic acids is 1. The van der Waals surface area contributed by atoms with Crippen LogP contribution in [-0.2, 0) is 22.3 Å². The van der Waals surface area contributed by atoms with Gasteiger partial charge in [0.15, 0.2) is 0 Å². The van der Waals surface area contributed by atoms with Crippen molar-refractivity contribution in [2.75, 3.05) is 20.6 Å². The number of hydrogen-bond donors (Lipinski definition) is 2. The molecule has 0 aliphatic rings. The van der Waals surface area contributed by atoms with E-state index in [0.29, 0.717) is 18.7 Å². The van der Waals surface area contributed by atoms with Crippen molar-refractivity contribution in [3.63, 3.8) is 0 Å². The zero-order valence-electron chi connectivity index (χ0n) is 13.5. The lowest BCUT2D eigenvalue weighted by Crippen LogP contribution is -2.38. The summed E-state index contributed by atoms with van der Waals surface area (Å²) < 4.78 is 25.2. The van der Waals surface area contributed by atoms with Crippen molar-refractivity contribution in [2.24, 2.45) is 5.92 Å². The van der Waals surface area contributed by atoms with Crippen LogP contribution in [0.2, 0.25) is 0 Å². The van der Waals surface area contributed by atoms with Gasteiger partial charge in [0.1, 0.15) is 0 Å². The minimum absolute atomic E-state index is 0.0784. The second kappa shape index (κ2) is 8.50. The van der Waals surface area contributed by atoms with E-state index in [1.54, 1.807) is 38.2 Å². The van der Waals surface area contributed by atoms with Gasteiger partial charge in [-0.1, -0.05) is 24.3 Å². The standard InChI is InChI=1S/C15H22N4O3S/c1-12(8-16)10-19(3)15(20)18-9-13-4-6-14(7-5-13)11-23(21,22)17-2/h4-7,12,17H,9-11H2,1-3H3,(H,18,20). The van der Waals surface area contributed by atoms with Gasteiger partial charge >= 0.3 is 6.03 Å². The van der Waals surface area contributed by atoms with Crippen molar-refractivity contribution in [1.29, 1.82) is 5.26 Å². The summed E-state index contributed by atoms with van der Waals surface area (Å²) in [5.74, 6) is -0.301. The number of nitriles is 1. The number of nitrogens with one attached hydrogen (secondary N) is 2. The van der Waals surface area contributed by atoms with E-state index in [1.165, 1.54) is 11.9 Å². The third kappa shape index (κ3) is 6.67. The van der Waals surface area contributed by atoms with E-state index in [-0.39, 0.29) is 17.7 Å². The van der Waals surface area contributed by atoms with Crippen molar-refractivity contribution >= 4 is 16.1 Å². The van der Waals surface area contributed by atoms with Crippen LogP contribution in [0, 0.1) is 17.2 Å². The number of sulfonamides is 1. The van der Waals surface area contributed by atoms with Crippen LogP contribution in [0.15, 0.2) is 24.3 Å². The number of carbonyl (C=O) groups is 1. The van der Waals surface area contributed by atoms with Crippen LogP contribution in [0.3, 0.4) is 0 Å². The zero-order valence-corrected chi connectivity index (χ0v) is 14.4. The molecule has 0 heterocycles. The first-order valence-corrected chi connectivity index (χ1v) is 8.80. The minimum atomic E-state index is -3.29. The maximum atomic E-state index is 11.9. The second-order valence-electron chi connectivity index (χ2n) is 5.35. The summed E-state index contributed by atoms with van der Waals surface area (Å²) in [6.45, 7) is 2.45. The van der Waals surface area contributed by atoms with Crippen molar-refractivity contribution in [3.8, 4) is 6.07 Å². The van der Waals surface area contributed by atoms with E-state index >= 15 is 0 Å². The molecule has 8 heteroatoms. The highest BCUT2D eigenvalue weighted by atomic mass is 32.2. The van der Waals surface area contributed by atoms with Gasteiger partial charge in [-0.2, -0.15) is 5.26 Å². The Morgan fingerprint density at radius 2 is 1.87 bits per heavy atom. The smallest absolute Gasteiger partial charge is 0.317 e. The summed E-state index contributed by atoms with van der Waals surface area (Å²) >= 11 is 0. The van der Waals surface area contributed by atoms with E-state index in [1.807, 2.05) is 0 Å². The van der Waals surface area contributed by atoms with Crippen LogP contribution in [0.5, 0.6) is 0 Å². The van der Waals surface area contributed by atoms with Gasteiger partial charge in [-0.3, -0.25) is 0 Å². The monoisotopic (exact) mass is 338 g/mol. The van der Waals surface area contributed by atoms with E-state index in [9.17, 15) is 13.2 Å². The molecule has 0 saturated heterocycles. The lowest BCUT2D eigenvalue weighted by atomic mass is 10.1. The molecule has 0 spiro atoms. The molecule has 2 amide bonds. The fraction of sp³-hybridized carbons (Fsp3) is 0.467. The highest BCUT2D eigenvalue weighted by Crippen LogP contribution is 2.08. The van der Waals surface area contributed by atoms with E-state index < -0.39 is 10.0 Å². The molecular weight excluding hydrogens is 316 g/mol. The SMILES string of the molecule is CNS(=O)(=O)Cc1ccc(CNC(=O)N(C)CC(C)C#N)cc1. The van der Waals surface area contributed by atoms with Crippen LogP contribution in [0.1, 0.15) is 18.1 Å². The minimum Gasteiger partial charge on any atom is -0.334 e. The molecule has 1 aromatic rings. The van der Waals surface area contributed by atoms with Crippen molar-refractivity contribution in [1.82, 2.24) is 14.9 Å². The maximum absolute atomic E-state index is 11.9. The molecule has 0 aliphatic heterocycles. The fourth-order valence-electron chi connectivity index (χ4n) is 1.89. The molecule has 2 N–H and O–H groups in total.